The van der Waals surface area contributed by atoms with Gasteiger partial charge in [0.2, 0.25) is 0 Å². The maximum Gasteiger partial charge on any atom is 0.339 e. The highest BCUT2D eigenvalue weighted by atomic mass is 16.5. The molecule has 128 valence electrons. The van der Waals surface area contributed by atoms with Crippen LogP contribution in [0.5, 0.6) is 0 Å². The second-order valence-corrected chi connectivity index (χ2v) is 6.16. The van der Waals surface area contributed by atoms with Crippen LogP contribution in [-0.4, -0.2) is 30.3 Å². The van der Waals surface area contributed by atoms with Crippen LogP contribution in [0.15, 0.2) is 48.5 Å². The Balaban J connectivity index is 1.73. The number of rotatable bonds is 6. The Morgan fingerprint density at radius 1 is 1.00 bits per heavy atom. The molecule has 3 rings (SSSR count). The molecule has 0 atom stereocenters. The molecule has 1 saturated carbocycles. The van der Waals surface area contributed by atoms with Crippen LogP contribution in [0.2, 0.25) is 0 Å². The van der Waals surface area contributed by atoms with Gasteiger partial charge in [-0.3, -0.25) is 9.59 Å². The van der Waals surface area contributed by atoms with Crippen molar-refractivity contribution in [1.82, 2.24) is 5.32 Å². The van der Waals surface area contributed by atoms with Gasteiger partial charge in [0.1, 0.15) is 0 Å². The molecule has 0 aliphatic heterocycles. The summed E-state index contributed by atoms with van der Waals surface area (Å²) >= 11 is 0. The lowest BCUT2D eigenvalue weighted by molar-refractivity contribution is -0.124. The number of carbonyl (C=O) groups excluding carboxylic acids is 3. The molecule has 0 saturated heterocycles. The fourth-order valence-corrected chi connectivity index (χ4v) is 2.43. The predicted molar refractivity (Wildman–Crippen MR) is 92.5 cm³/mol. The Hall–Kier alpha value is -2.95. The van der Waals surface area contributed by atoms with Crippen molar-refractivity contribution < 1.29 is 19.1 Å². The first-order valence-corrected chi connectivity index (χ1v) is 8.21. The van der Waals surface area contributed by atoms with Crippen LogP contribution in [0.25, 0.3) is 0 Å². The van der Waals surface area contributed by atoms with Crippen LogP contribution >= 0.6 is 0 Å². The van der Waals surface area contributed by atoms with E-state index in [1.54, 1.807) is 30.3 Å². The summed E-state index contributed by atoms with van der Waals surface area (Å²) in [7, 11) is 0. The Kier molecular flexibility index (Phi) is 4.93. The van der Waals surface area contributed by atoms with Gasteiger partial charge in [0, 0.05) is 17.2 Å². The summed E-state index contributed by atoms with van der Waals surface area (Å²) in [5.41, 5.74) is 1.97. The first-order chi connectivity index (χ1) is 12.0. The van der Waals surface area contributed by atoms with E-state index < -0.39 is 5.97 Å². The highest BCUT2D eigenvalue weighted by Crippen LogP contribution is 2.19. The summed E-state index contributed by atoms with van der Waals surface area (Å²) in [6, 6.07) is 13.8. The van der Waals surface area contributed by atoms with Crippen molar-refractivity contribution in [1.29, 1.82) is 0 Å². The number of benzene rings is 2. The van der Waals surface area contributed by atoms with E-state index in [9.17, 15) is 14.4 Å². The molecule has 5 heteroatoms. The summed E-state index contributed by atoms with van der Waals surface area (Å²) in [4.78, 5) is 36.6. The van der Waals surface area contributed by atoms with Crippen molar-refractivity contribution in [3.05, 3.63) is 70.8 Å². The van der Waals surface area contributed by atoms with Gasteiger partial charge in [-0.1, -0.05) is 48.0 Å². The Bertz CT molecular complexity index is 807. The number of nitrogens with one attached hydrogen (secondary N) is 1. The van der Waals surface area contributed by atoms with E-state index in [1.165, 1.54) is 6.07 Å². The van der Waals surface area contributed by atoms with Crippen LogP contribution < -0.4 is 5.32 Å². The third-order valence-corrected chi connectivity index (χ3v) is 3.98. The number of aryl methyl sites for hydroxylation is 1. The average Bonchev–Trinajstić information content (AvgIpc) is 3.43. The summed E-state index contributed by atoms with van der Waals surface area (Å²) in [5.74, 6) is -1.25. The smallest absolute Gasteiger partial charge is 0.339 e. The number of hydrogen-bond acceptors (Lipinski definition) is 4. The molecule has 0 radical (unpaired) electrons. The first-order valence-electron chi connectivity index (χ1n) is 8.21. The molecule has 5 nitrogen and oxygen atoms in total. The number of ether oxygens (including phenoxy) is 1. The zero-order valence-corrected chi connectivity index (χ0v) is 14.0. The van der Waals surface area contributed by atoms with E-state index in [1.807, 2.05) is 19.1 Å². The lowest BCUT2D eigenvalue weighted by Gasteiger charge is -2.09. The van der Waals surface area contributed by atoms with Gasteiger partial charge in [-0.2, -0.15) is 0 Å². The number of esters is 1. The molecule has 0 unspecified atom stereocenters. The summed E-state index contributed by atoms with van der Waals surface area (Å²) in [6.07, 6.45) is 1.93. The van der Waals surface area contributed by atoms with Crippen molar-refractivity contribution >= 4 is 17.7 Å². The topological polar surface area (TPSA) is 72.5 Å². The van der Waals surface area contributed by atoms with E-state index in [-0.39, 0.29) is 35.5 Å². The minimum absolute atomic E-state index is 0.160. The molecule has 1 amide bonds. The van der Waals surface area contributed by atoms with Crippen LogP contribution in [0.4, 0.5) is 0 Å². The standard InChI is InChI=1S/C20H19NO4/c1-13-6-8-14(9-7-13)19(23)16-4-2-3-5-17(16)20(24)25-12-18(22)21-15-10-11-15/h2-9,15H,10-12H2,1H3,(H,21,22). The van der Waals surface area contributed by atoms with Crippen molar-refractivity contribution in [2.75, 3.05) is 6.61 Å². The number of carbonyl (C=O) groups is 3. The Morgan fingerprint density at radius 3 is 2.28 bits per heavy atom. The summed E-state index contributed by atoms with van der Waals surface area (Å²) in [5, 5.41) is 2.75. The van der Waals surface area contributed by atoms with E-state index in [0.717, 1.165) is 18.4 Å². The van der Waals surface area contributed by atoms with Gasteiger partial charge in [-0.25, -0.2) is 4.79 Å². The van der Waals surface area contributed by atoms with E-state index >= 15 is 0 Å². The molecule has 2 aromatic rings. The zero-order chi connectivity index (χ0) is 17.8. The zero-order valence-electron chi connectivity index (χ0n) is 14.0. The fraction of sp³-hybridized carbons (Fsp3) is 0.250. The van der Waals surface area contributed by atoms with Gasteiger partial charge < -0.3 is 10.1 Å². The SMILES string of the molecule is Cc1ccc(C(=O)c2ccccc2C(=O)OCC(=O)NC2CC2)cc1. The van der Waals surface area contributed by atoms with Gasteiger partial charge in [0.15, 0.2) is 12.4 Å². The largest absolute Gasteiger partial charge is 0.452 e. The molecule has 1 aliphatic rings. The molecule has 0 spiro atoms. The van der Waals surface area contributed by atoms with Gasteiger partial charge in [0.05, 0.1) is 5.56 Å². The number of ketones is 1. The summed E-state index contributed by atoms with van der Waals surface area (Å²) in [6.45, 7) is 1.59. The Labute approximate surface area is 146 Å². The monoisotopic (exact) mass is 337 g/mol. The van der Waals surface area contributed by atoms with Crippen LogP contribution in [0, 0.1) is 6.92 Å². The molecule has 2 aromatic carbocycles. The quantitative estimate of drug-likeness (QED) is 0.650. The van der Waals surface area contributed by atoms with Gasteiger partial charge >= 0.3 is 5.97 Å². The van der Waals surface area contributed by atoms with Crippen molar-refractivity contribution in [2.45, 2.75) is 25.8 Å². The molecule has 0 aromatic heterocycles. The fourth-order valence-electron chi connectivity index (χ4n) is 2.43. The van der Waals surface area contributed by atoms with E-state index in [4.69, 9.17) is 4.74 Å². The molecule has 0 heterocycles. The average molecular weight is 337 g/mol. The molecule has 1 aliphatic carbocycles. The number of amides is 1. The minimum Gasteiger partial charge on any atom is -0.452 e. The first kappa shape index (κ1) is 16.9. The molecule has 25 heavy (non-hydrogen) atoms. The molecule has 1 N–H and O–H groups in total. The second kappa shape index (κ2) is 7.30. The Morgan fingerprint density at radius 2 is 1.64 bits per heavy atom. The maximum absolute atomic E-state index is 12.7. The van der Waals surface area contributed by atoms with Gasteiger partial charge in [0.25, 0.3) is 5.91 Å². The van der Waals surface area contributed by atoms with Gasteiger partial charge in [-0.15, -0.1) is 0 Å². The number of hydrogen-bond donors (Lipinski definition) is 1. The van der Waals surface area contributed by atoms with E-state index in [2.05, 4.69) is 5.32 Å². The normalized spacial score (nSPS) is 13.2. The molecule has 0 bridgehead atoms. The summed E-state index contributed by atoms with van der Waals surface area (Å²) < 4.78 is 5.06. The van der Waals surface area contributed by atoms with Gasteiger partial charge in [-0.05, 0) is 25.8 Å². The minimum atomic E-state index is -0.679. The third-order valence-electron chi connectivity index (χ3n) is 3.98. The second-order valence-electron chi connectivity index (χ2n) is 6.16. The third kappa shape index (κ3) is 4.32. The predicted octanol–water partition coefficient (Wildman–Crippen LogP) is 2.66. The molecular weight excluding hydrogens is 318 g/mol. The van der Waals surface area contributed by atoms with Crippen molar-refractivity contribution in [3.63, 3.8) is 0 Å². The highest BCUT2D eigenvalue weighted by molar-refractivity contribution is 6.14. The lowest BCUT2D eigenvalue weighted by Crippen LogP contribution is -2.30. The highest BCUT2D eigenvalue weighted by Gasteiger charge is 2.24. The maximum atomic E-state index is 12.7. The van der Waals surface area contributed by atoms with Crippen molar-refractivity contribution in [3.8, 4) is 0 Å². The van der Waals surface area contributed by atoms with Crippen LogP contribution in [0.3, 0.4) is 0 Å². The van der Waals surface area contributed by atoms with E-state index in [0.29, 0.717) is 5.56 Å². The van der Waals surface area contributed by atoms with Crippen LogP contribution in [-0.2, 0) is 9.53 Å². The molecular formula is C20H19NO4. The lowest BCUT2D eigenvalue weighted by atomic mass is 9.98. The molecule has 1 fully saturated rings. The van der Waals surface area contributed by atoms with Crippen LogP contribution in [0.1, 0.15) is 44.7 Å². The van der Waals surface area contributed by atoms with Crippen molar-refractivity contribution in [2.24, 2.45) is 0 Å².